The molecule has 0 bridgehead atoms. The molecule has 0 radical (unpaired) electrons. The van der Waals surface area contributed by atoms with Crippen LogP contribution >= 0.6 is 0 Å². The highest BCUT2D eigenvalue weighted by Gasteiger charge is 2.33. The number of nitrogens with one attached hydrogen (secondary N) is 1. The van der Waals surface area contributed by atoms with Crippen molar-refractivity contribution in [2.45, 2.75) is 32.4 Å². The Kier molecular flexibility index (Phi) is 2.75. The number of carbonyl (C=O) groups is 2. The molecule has 2 unspecified atom stereocenters. The van der Waals surface area contributed by atoms with Crippen LogP contribution in [0.5, 0.6) is 0 Å². The Labute approximate surface area is 76.7 Å². The smallest absolute Gasteiger partial charge is 0.326 e. The van der Waals surface area contributed by atoms with Gasteiger partial charge in [0.05, 0.1) is 0 Å². The fourth-order valence-corrected chi connectivity index (χ4v) is 1.32. The minimum atomic E-state index is -0.966. The second-order valence-electron chi connectivity index (χ2n) is 3.22. The summed E-state index contributed by atoms with van der Waals surface area (Å²) in [5.41, 5.74) is 0. The zero-order chi connectivity index (χ0) is 10.0. The molecule has 0 aliphatic carbocycles. The summed E-state index contributed by atoms with van der Waals surface area (Å²) in [4.78, 5) is 23.2. The van der Waals surface area contributed by atoms with Crippen molar-refractivity contribution >= 4 is 12.0 Å². The van der Waals surface area contributed by atoms with Gasteiger partial charge in [0.25, 0.3) is 0 Å². The Balaban J connectivity index is 2.62. The average Bonchev–Trinajstić information content (AvgIpc) is 2.45. The van der Waals surface area contributed by atoms with E-state index in [0.29, 0.717) is 6.54 Å². The van der Waals surface area contributed by atoms with Crippen LogP contribution in [0, 0.1) is 0 Å². The number of rotatable bonds is 3. The van der Waals surface area contributed by atoms with E-state index in [9.17, 15) is 9.59 Å². The molecule has 0 aromatic carbocycles. The molecule has 1 heterocycles. The second kappa shape index (κ2) is 3.64. The number of amides is 2. The maximum Gasteiger partial charge on any atom is 0.326 e. The molecule has 2 atom stereocenters. The molecule has 0 saturated carbocycles. The van der Waals surface area contributed by atoms with Crippen LogP contribution in [-0.2, 0) is 4.79 Å². The predicted octanol–water partition coefficient (Wildman–Crippen LogP) is 0.263. The Morgan fingerprint density at radius 2 is 2.46 bits per heavy atom. The van der Waals surface area contributed by atoms with Crippen LogP contribution in [0.3, 0.4) is 0 Å². The van der Waals surface area contributed by atoms with Crippen LogP contribution in [0.2, 0.25) is 0 Å². The van der Waals surface area contributed by atoms with Gasteiger partial charge >= 0.3 is 12.0 Å². The van der Waals surface area contributed by atoms with Gasteiger partial charge in [-0.05, 0) is 13.3 Å². The molecule has 0 spiro atoms. The largest absolute Gasteiger partial charge is 0.480 e. The molecule has 2 N–H and O–H groups in total. The Hall–Kier alpha value is -1.26. The zero-order valence-electron chi connectivity index (χ0n) is 7.78. The van der Waals surface area contributed by atoms with Gasteiger partial charge < -0.3 is 15.3 Å². The predicted molar refractivity (Wildman–Crippen MR) is 46.4 cm³/mol. The van der Waals surface area contributed by atoms with E-state index in [-0.39, 0.29) is 12.1 Å². The second-order valence-corrected chi connectivity index (χ2v) is 3.22. The van der Waals surface area contributed by atoms with Crippen molar-refractivity contribution in [3.63, 3.8) is 0 Å². The lowest BCUT2D eigenvalue weighted by atomic mass is 10.2. The van der Waals surface area contributed by atoms with Gasteiger partial charge in [-0.3, -0.25) is 0 Å². The van der Waals surface area contributed by atoms with E-state index in [0.717, 1.165) is 6.42 Å². The van der Waals surface area contributed by atoms with E-state index in [2.05, 4.69) is 5.32 Å². The summed E-state index contributed by atoms with van der Waals surface area (Å²) in [5.74, 6) is -0.966. The van der Waals surface area contributed by atoms with Crippen LogP contribution in [-0.4, -0.2) is 40.6 Å². The van der Waals surface area contributed by atoms with Crippen molar-refractivity contribution in [3.8, 4) is 0 Å². The lowest BCUT2D eigenvalue weighted by Gasteiger charge is -2.18. The van der Waals surface area contributed by atoms with Gasteiger partial charge in [0.2, 0.25) is 0 Å². The molecule has 1 saturated heterocycles. The van der Waals surface area contributed by atoms with Gasteiger partial charge in [0, 0.05) is 12.6 Å². The van der Waals surface area contributed by atoms with Gasteiger partial charge in [-0.15, -0.1) is 0 Å². The monoisotopic (exact) mass is 186 g/mol. The average molecular weight is 186 g/mol. The first kappa shape index (κ1) is 9.83. The molecule has 0 aromatic rings. The standard InChI is InChI=1S/C8H14N2O3/c1-3-6-4-10(8(13)9-6)5(2)7(11)12/h5-6H,3-4H2,1-2H3,(H,9,13)(H,11,12). The molecular formula is C8H14N2O3. The number of carboxylic acids is 1. The minimum absolute atomic E-state index is 0.0919. The number of aliphatic carboxylic acids is 1. The number of carboxylic acid groups (broad SMARTS) is 1. The molecule has 5 nitrogen and oxygen atoms in total. The third kappa shape index (κ3) is 1.91. The number of nitrogens with zero attached hydrogens (tertiary/aromatic N) is 1. The third-order valence-electron chi connectivity index (χ3n) is 2.32. The van der Waals surface area contributed by atoms with Crippen LogP contribution in [0.25, 0.3) is 0 Å². The maximum atomic E-state index is 11.2. The first-order chi connectivity index (χ1) is 6.06. The van der Waals surface area contributed by atoms with E-state index < -0.39 is 12.0 Å². The fraction of sp³-hybridized carbons (Fsp3) is 0.750. The van der Waals surface area contributed by atoms with Crippen LogP contribution < -0.4 is 5.32 Å². The van der Waals surface area contributed by atoms with E-state index in [1.165, 1.54) is 11.8 Å². The molecule has 1 rings (SSSR count). The zero-order valence-corrected chi connectivity index (χ0v) is 7.78. The van der Waals surface area contributed by atoms with Crippen molar-refractivity contribution in [1.29, 1.82) is 0 Å². The number of hydrogen-bond acceptors (Lipinski definition) is 2. The van der Waals surface area contributed by atoms with Crippen LogP contribution in [0.4, 0.5) is 4.79 Å². The molecule has 5 heteroatoms. The summed E-state index contributed by atoms with van der Waals surface area (Å²) in [5, 5.41) is 11.4. The molecule has 74 valence electrons. The van der Waals surface area contributed by atoms with Crippen molar-refractivity contribution < 1.29 is 14.7 Å². The minimum Gasteiger partial charge on any atom is -0.480 e. The Morgan fingerprint density at radius 3 is 2.85 bits per heavy atom. The van der Waals surface area contributed by atoms with Crippen molar-refractivity contribution in [2.24, 2.45) is 0 Å². The molecule has 1 fully saturated rings. The Morgan fingerprint density at radius 1 is 1.85 bits per heavy atom. The quantitative estimate of drug-likeness (QED) is 0.664. The molecule has 1 aliphatic heterocycles. The molecule has 2 amide bonds. The van der Waals surface area contributed by atoms with E-state index >= 15 is 0 Å². The summed E-state index contributed by atoms with van der Waals surface area (Å²) < 4.78 is 0. The van der Waals surface area contributed by atoms with E-state index in [1.807, 2.05) is 6.92 Å². The number of urea groups is 1. The van der Waals surface area contributed by atoms with Crippen molar-refractivity contribution in [2.75, 3.05) is 6.54 Å². The number of carbonyl (C=O) groups excluding carboxylic acids is 1. The third-order valence-corrected chi connectivity index (χ3v) is 2.32. The van der Waals surface area contributed by atoms with Gasteiger partial charge in [-0.2, -0.15) is 0 Å². The SMILES string of the molecule is CCC1CN(C(C)C(=O)O)C(=O)N1. The summed E-state index contributed by atoms with van der Waals surface area (Å²) in [6.45, 7) is 3.96. The number of hydrogen-bond donors (Lipinski definition) is 2. The van der Waals surface area contributed by atoms with Gasteiger partial charge in [0.1, 0.15) is 6.04 Å². The lowest BCUT2D eigenvalue weighted by Crippen LogP contribution is -2.40. The molecule has 0 aromatic heterocycles. The van der Waals surface area contributed by atoms with Crippen LogP contribution in [0.1, 0.15) is 20.3 Å². The summed E-state index contributed by atoms with van der Waals surface area (Å²) >= 11 is 0. The first-order valence-corrected chi connectivity index (χ1v) is 4.36. The summed E-state index contributed by atoms with van der Waals surface area (Å²) in [6, 6.07) is -0.924. The topological polar surface area (TPSA) is 69.6 Å². The maximum absolute atomic E-state index is 11.2. The van der Waals surface area contributed by atoms with Gasteiger partial charge in [-0.1, -0.05) is 6.92 Å². The molecule has 13 heavy (non-hydrogen) atoms. The molecule has 1 aliphatic rings. The normalized spacial score (nSPS) is 24.3. The fourth-order valence-electron chi connectivity index (χ4n) is 1.32. The van der Waals surface area contributed by atoms with Gasteiger partial charge in [-0.25, -0.2) is 9.59 Å². The van der Waals surface area contributed by atoms with Gasteiger partial charge in [0.15, 0.2) is 0 Å². The summed E-state index contributed by atoms with van der Waals surface area (Å²) in [7, 11) is 0. The Bertz CT molecular complexity index is 229. The summed E-state index contributed by atoms with van der Waals surface area (Å²) in [6.07, 6.45) is 0.828. The van der Waals surface area contributed by atoms with Crippen molar-refractivity contribution in [1.82, 2.24) is 10.2 Å². The highest BCUT2D eigenvalue weighted by atomic mass is 16.4. The first-order valence-electron chi connectivity index (χ1n) is 4.36. The highest BCUT2D eigenvalue weighted by Crippen LogP contribution is 2.10. The lowest BCUT2D eigenvalue weighted by molar-refractivity contribution is -0.141. The van der Waals surface area contributed by atoms with E-state index in [1.54, 1.807) is 0 Å². The van der Waals surface area contributed by atoms with E-state index in [4.69, 9.17) is 5.11 Å². The van der Waals surface area contributed by atoms with Crippen LogP contribution in [0.15, 0.2) is 0 Å². The molecular weight excluding hydrogens is 172 g/mol. The van der Waals surface area contributed by atoms with Crippen molar-refractivity contribution in [3.05, 3.63) is 0 Å². The highest BCUT2D eigenvalue weighted by molar-refractivity contribution is 5.83.